The lowest BCUT2D eigenvalue weighted by Gasteiger charge is -2.39. The molecule has 38 heavy (non-hydrogen) atoms. The van der Waals surface area contributed by atoms with Gasteiger partial charge >= 0.3 is 0 Å². The summed E-state index contributed by atoms with van der Waals surface area (Å²) in [5.41, 5.74) is 9.81. The number of hydrogen-bond acceptors (Lipinski definition) is 7. The summed E-state index contributed by atoms with van der Waals surface area (Å²) < 4.78 is 3.82. The molecule has 3 aromatic heterocycles. The lowest BCUT2D eigenvalue weighted by Crippen LogP contribution is -2.51. The van der Waals surface area contributed by atoms with E-state index in [4.69, 9.17) is 10.7 Å². The lowest BCUT2D eigenvalue weighted by molar-refractivity contribution is 0.0921. The predicted molar refractivity (Wildman–Crippen MR) is 146 cm³/mol. The van der Waals surface area contributed by atoms with Crippen molar-refractivity contribution in [2.24, 2.45) is 18.2 Å². The molecule has 11 nitrogen and oxygen atoms in total. The smallest absolute Gasteiger partial charge is 0.271 e. The largest absolute Gasteiger partial charge is 0.364 e. The zero-order valence-corrected chi connectivity index (χ0v) is 22.8. The molecule has 2 amide bonds. The van der Waals surface area contributed by atoms with Crippen molar-refractivity contribution in [2.75, 3.05) is 16.8 Å². The second-order valence-electron chi connectivity index (χ2n) is 11.3. The molecule has 2 atom stereocenters. The van der Waals surface area contributed by atoms with E-state index in [1.165, 1.54) is 11.3 Å². The first-order valence-corrected chi connectivity index (χ1v) is 13.3. The average Bonchev–Trinajstić information content (AvgIpc) is 3.53. The van der Waals surface area contributed by atoms with Gasteiger partial charge in [0, 0.05) is 44.1 Å². The number of nitrogens with two attached hydrogens (primary N) is 1. The summed E-state index contributed by atoms with van der Waals surface area (Å²) in [6.07, 6.45) is 8.80. The van der Waals surface area contributed by atoms with Crippen LogP contribution in [-0.2, 0) is 26.4 Å². The van der Waals surface area contributed by atoms with Crippen LogP contribution >= 0.6 is 0 Å². The molecule has 0 aromatic carbocycles. The van der Waals surface area contributed by atoms with Crippen molar-refractivity contribution in [3.63, 3.8) is 0 Å². The Bertz CT molecular complexity index is 1370. The van der Waals surface area contributed by atoms with E-state index < -0.39 is 5.91 Å². The average molecular weight is 520 g/mol. The fraction of sp³-hybridized carbons (Fsp3) is 0.519. The summed E-state index contributed by atoms with van der Waals surface area (Å²) >= 11 is 0. The Kier molecular flexibility index (Phi) is 6.62. The molecule has 0 bridgehead atoms. The van der Waals surface area contributed by atoms with Gasteiger partial charge in [-0.3, -0.25) is 14.3 Å². The lowest BCUT2D eigenvalue weighted by atomic mass is 9.90. The number of aromatic nitrogens is 5. The van der Waals surface area contributed by atoms with Gasteiger partial charge in [-0.2, -0.15) is 5.10 Å². The van der Waals surface area contributed by atoms with Gasteiger partial charge in [-0.15, -0.1) is 0 Å². The number of amides is 2. The first-order chi connectivity index (χ1) is 18.0. The zero-order valence-electron chi connectivity index (χ0n) is 22.8. The number of nitrogens with zero attached hydrogens (tertiary/aromatic N) is 6. The van der Waals surface area contributed by atoms with Crippen LogP contribution in [0.4, 0.5) is 17.3 Å². The fourth-order valence-electron chi connectivity index (χ4n) is 5.67. The summed E-state index contributed by atoms with van der Waals surface area (Å²) in [5.74, 6) is 0.186. The molecule has 1 aliphatic carbocycles. The van der Waals surface area contributed by atoms with E-state index in [1.807, 2.05) is 20.2 Å². The van der Waals surface area contributed by atoms with Crippen LogP contribution in [0.2, 0.25) is 0 Å². The van der Waals surface area contributed by atoms with Crippen molar-refractivity contribution in [1.29, 1.82) is 0 Å². The summed E-state index contributed by atoms with van der Waals surface area (Å²) in [4.78, 5) is 36.5. The standard InChI is InChI=1S/C27H37N9O2/c1-6-35-14-19(12-30-35)31-25-23(24(28)37)29-13-22(33-25)36-15-18(8-7-16(36)2)32-26(38)20-9-17-10-27(3,4)11-21(17)34(20)5/h9,12-14,16,18H,6-8,10-11,15H2,1-5H3,(H2,28,37)(H,31,33)(H,32,38)/t16-,18+/m0/s1. The molecular weight excluding hydrogens is 482 g/mol. The van der Waals surface area contributed by atoms with Gasteiger partial charge in [0.2, 0.25) is 0 Å². The molecule has 3 aromatic rings. The van der Waals surface area contributed by atoms with E-state index in [0.29, 0.717) is 23.7 Å². The third-order valence-electron chi connectivity index (χ3n) is 7.72. The SMILES string of the molecule is CCn1cc(Nc2nc(N3C[C@H](NC(=O)c4cc5c(n4C)CC(C)(C)C5)CC[C@@H]3C)cnc2C(N)=O)cn1. The van der Waals surface area contributed by atoms with Crippen molar-refractivity contribution in [2.45, 2.75) is 72.0 Å². The van der Waals surface area contributed by atoms with Crippen LogP contribution in [0.15, 0.2) is 24.7 Å². The molecule has 0 saturated carbocycles. The highest BCUT2D eigenvalue weighted by molar-refractivity contribution is 5.96. The summed E-state index contributed by atoms with van der Waals surface area (Å²) in [6.45, 7) is 9.96. The maximum Gasteiger partial charge on any atom is 0.271 e. The first kappa shape index (κ1) is 25.7. The van der Waals surface area contributed by atoms with E-state index in [9.17, 15) is 9.59 Å². The normalized spacial score (nSPS) is 20.3. The predicted octanol–water partition coefficient (Wildman–Crippen LogP) is 2.79. The summed E-state index contributed by atoms with van der Waals surface area (Å²) in [7, 11) is 1.99. The number of hydrogen-bond donors (Lipinski definition) is 3. The number of primary amides is 1. The highest BCUT2D eigenvalue weighted by Gasteiger charge is 2.34. The van der Waals surface area contributed by atoms with Gasteiger partial charge in [0.15, 0.2) is 11.5 Å². The number of aryl methyl sites for hydroxylation is 1. The maximum absolute atomic E-state index is 13.3. The number of carbonyl (C=O) groups excluding carboxylic acids is 2. The second kappa shape index (κ2) is 9.77. The summed E-state index contributed by atoms with van der Waals surface area (Å²) in [5, 5.41) is 10.6. The molecule has 4 N–H and O–H groups in total. The first-order valence-electron chi connectivity index (χ1n) is 13.3. The third kappa shape index (κ3) is 4.97. The molecule has 1 fully saturated rings. The van der Waals surface area contributed by atoms with Crippen LogP contribution in [0.3, 0.4) is 0 Å². The molecule has 0 radical (unpaired) electrons. The minimum atomic E-state index is -0.663. The molecular formula is C27H37N9O2. The third-order valence-corrected chi connectivity index (χ3v) is 7.72. The highest BCUT2D eigenvalue weighted by Crippen LogP contribution is 2.37. The number of rotatable bonds is 7. The molecule has 5 rings (SSSR count). The van der Waals surface area contributed by atoms with Gasteiger partial charge in [-0.1, -0.05) is 13.8 Å². The van der Waals surface area contributed by atoms with E-state index in [0.717, 1.165) is 32.2 Å². The zero-order chi connectivity index (χ0) is 27.2. The van der Waals surface area contributed by atoms with Crippen LogP contribution in [0.1, 0.15) is 72.8 Å². The second-order valence-corrected chi connectivity index (χ2v) is 11.3. The molecule has 4 heterocycles. The van der Waals surface area contributed by atoms with Gasteiger partial charge in [0.1, 0.15) is 11.5 Å². The van der Waals surface area contributed by atoms with Gasteiger partial charge in [-0.25, -0.2) is 9.97 Å². The Morgan fingerprint density at radius 1 is 1.21 bits per heavy atom. The van der Waals surface area contributed by atoms with Gasteiger partial charge in [-0.05, 0) is 56.6 Å². The minimum absolute atomic E-state index is 0.0447. The Balaban J connectivity index is 1.33. The van der Waals surface area contributed by atoms with E-state index in [1.54, 1.807) is 17.1 Å². The Morgan fingerprint density at radius 2 is 2.00 bits per heavy atom. The van der Waals surface area contributed by atoms with Crippen molar-refractivity contribution in [1.82, 2.24) is 29.6 Å². The van der Waals surface area contributed by atoms with E-state index in [-0.39, 0.29) is 34.9 Å². The number of piperidine rings is 1. The van der Waals surface area contributed by atoms with Crippen LogP contribution in [0.25, 0.3) is 0 Å². The monoisotopic (exact) mass is 519 g/mol. The quantitative estimate of drug-likeness (QED) is 0.437. The molecule has 202 valence electrons. The maximum atomic E-state index is 13.3. The van der Waals surface area contributed by atoms with Gasteiger partial charge in [0.05, 0.1) is 18.1 Å². The van der Waals surface area contributed by atoms with E-state index >= 15 is 0 Å². The Labute approximate surface area is 222 Å². The number of carbonyl (C=O) groups is 2. The van der Waals surface area contributed by atoms with Gasteiger partial charge < -0.3 is 25.8 Å². The number of nitrogens with one attached hydrogen (secondary N) is 2. The van der Waals surface area contributed by atoms with Crippen LogP contribution in [0.5, 0.6) is 0 Å². The number of anilines is 3. The van der Waals surface area contributed by atoms with Crippen LogP contribution < -0.4 is 21.3 Å². The molecule has 11 heteroatoms. The minimum Gasteiger partial charge on any atom is -0.364 e. The Hall–Kier alpha value is -3.89. The van der Waals surface area contributed by atoms with E-state index in [2.05, 4.69) is 57.0 Å². The molecule has 2 aliphatic rings. The van der Waals surface area contributed by atoms with Gasteiger partial charge in [0.25, 0.3) is 11.8 Å². The van der Waals surface area contributed by atoms with Crippen LogP contribution in [0, 0.1) is 5.41 Å². The molecule has 1 aliphatic heterocycles. The van der Waals surface area contributed by atoms with Crippen molar-refractivity contribution < 1.29 is 9.59 Å². The molecule has 0 spiro atoms. The van der Waals surface area contributed by atoms with Crippen molar-refractivity contribution in [3.05, 3.63) is 47.3 Å². The number of fused-ring (bicyclic) bond motifs is 1. The van der Waals surface area contributed by atoms with Crippen molar-refractivity contribution in [3.8, 4) is 0 Å². The molecule has 1 saturated heterocycles. The molecule has 0 unspecified atom stereocenters. The van der Waals surface area contributed by atoms with Crippen LogP contribution in [-0.4, -0.2) is 54.8 Å². The summed E-state index contributed by atoms with van der Waals surface area (Å²) in [6, 6.07) is 2.19. The highest BCUT2D eigenvalue weighted by atomic mass is 16.2. The van der Waals surface area contributed by atoms with Crippen molar-refractivity contribution >= 4 is 29.1 Å². The fourth-order valence-corrected chi connectivity index (χ4v) is 5.67. The topological polar surface area (TPSA) is 136 Å². The Morgan fingerprint density at radius 3 is 2.68 bits per heavy atom.